The lowest BCUT2D eigenvalue weighted by molar-refractivity contribution is 0.0435. The highest BCUT2D eigenvalue weighted by Gasteiger charge is 2.36. The van der Waals surface area contributed by atoms with Gasteiger partial charge in [0.2, 0.25) is 0 Å². The Morgan fingerprint density at radius 2 is 1.95 bits per heavy atom. The van der Waals surface area contributed by atoms with Gasteiger partial charge in [0.05, 0.1) is 17.8 Å². The summed E-state index contributed by atoms with van der Waals surface area (Å²) >= 11 is 0. The molecule has 3 rings (SSSR count). The molecule has 116 valence electrons. The third-order valence-electron chi connectivity index (χ3n) is 4.08. The van der Waals surface area contributed by atoms with Crippen LogP contribution in [0.3, 0.4) is 0 Å². The van der Waals surface area contributed by atoms with Crippen molar-refractivity contribution in [2.45, 2.75) is 32.9 Å². The summed E-state index contributed by atoms with van der Waals surface area (Å²) in [5.74, 6) is 0. The summed E-state index contributed by atoms with van der Waals surface area (Å²) in [6.45, 7) is 7.52. The second-order valence-electron chi connectivity index (χ2n) is 7.27. The highest BCUT2D eigenvalue weighted by atomic mass is 16.3. The number of hydrogen-bond acceptors (Lipinski definition) is 4. The minimum Gasteiger partial charge on any atom is -0.386 e. The Morgan fingerprint density at radius 1 is 1.18 bits per heavy atom. The van der Waals surface area contributed by atoms with Gasteiger partial charge < -0.3 is 5.11 Å². The minimum absolute atomic E-state index is 0.0853. The van der Waals surface area contributed by atoms with Gasteiger partial charge in [0, 0.05) is 30.7 Å². The zero-order chi connectivity index (χ0) is 15.9. The zero-order valence-corrected chi connectivity index (χ0v) is 13.6. The maximum atomic E-state index is 10.9. The smallest absolute Gasteiger partial charge is 0.0995 e. The van der Waals surface area contributed by atoms with Crippen LogP contribution in [0.25, 0.3) is 11.3 Å². The number of aromatic nitrogens is 2. The van der Waals surface area contributed by atoms with Crippen LogP contribution in [0.1, 0.15) is 44.0 Å². The second kappa shape index (κ2) is 5.45. The molecule has 0 saturated heterocycles. The molecule has 0 aromatic carbocycles. The lowest BCUT2D eigenvalue weighted by Gasteiger charge is -2.39. The molecule has 0 aliphatic heterocycles. The molecule has 22 heavy (non-hydrogen) atoms. The molecule has 0 bridgehead atoms. The Kier molecular flexibility index (Phi) is 3.75. The summed E-state index contributed by atoms with van der Waals surface area (Å²) in [5.41, 5.74) is 4.01. The number of nitrogens with zero attached hydrogens (tertiary/aromatic N) is 3. The molecule has 2 aromatic rings. The van der Waals surface area contributed by atoms with E-state index >= 15 is 0 Å². The number of pyridine rings is 2. The van der Waals surface area contributed by atoms with E-state index in [0.29, 0.717) is 0 Å². The average molecular weight is 297 g/mol. The van der Waals surface area contributed by atoms with Gasteiger partial charge in [0.25, 0.3) is 0 Å². The van der Waals surface area contributed by atoms with E-state index in [2.05, 4.69) is 48.8 Å². The molecule has 2 aromatic heterocycles. The first-order chi connectivity index (χ1) is 10.4. The standard InChI is InChI=1S/C18H23N3O/c1-18(2,3)11-21(4)16-13-6-5-8-20-15(13)14-10-19-9-7-12(14)17(16)22/h5-10,16-17,22H,11H2,1-4H3. The molecule has 1 aliphatic carbocycles. The van der Waals surface area contributed by atoms with Gasteiger partial charge in [-0.05, 0) is 35.7 Å². The van der Waals surface area contributed by atoms with Crippen molar-refractivity contribution in [1.82, 2.24) is 14.9 Å². The van der Waals surface area contributed by atoms with E-state index < -0.39 is 6.10 Å². The van der Waals surface area contributed by atoms with E-state index in [0.717, 1.165) is 28.9 Å². The number of rotatable bonds is 2. The van der Waals surface area contributed by atoms with Gasteiger partial charge in [0.15, 0.2) is 0 Å². The van der Waals surface area contributed by atoms with Gasteiger partial charge in [0.1, 0.15) is 0 Å². The van der Waals surface area contributed by atoms with Gasteiger partial charge in [-0.2, -0.15) is 0 Å². The monoisotopic (exact) mass is 297 g/mol. The van der Waals surface area contributed by atoms with Gasteiger partial charge in [-0.25, -0.2) is 0 Å². The molecule has 0 spiro atoms. The maximum absolute atomic E-state index is 10.9. The Bertz CT molecular complexity index is 678. The van der Waals surface area contributed by atoms with Crippen LogP contribution in [-0.2, 0) is 0 Å². The van der Waals surface area contributed by atoms with E-state index in [1.807, 2.05) is 12.1 Å². The van der Waals surface area contributed by atoms with Crippen LogP contribution < -0.4 is 0 Å². The lowest BCUT2D eigenvalue weighted by atomic mass is 9.82. The number of likely N-dealkylation sites (N-methyl/N-ethyl adjacent to an activating group) is 1. The lowest BCUT2D eigenvalue weighted by Crippen LogP contribution is -2.37. The van der Waals surface area contributed by atoms with Crippen LogP contribution in [0.4, 0.5) is 0 Å². The highest BCUT2D eigenvalue weighted by Crippen LogP contribution is 2.45. The van der Waals surface area contributed by atoms with E-state index in [4.69, 9.17) is 0 Å². The molecule has 0 radical (unpaired) electrons. The largest absolute Gasteiger partial charge is 0.386 e. The van der Waals surface area contributed by atoms with E-state index in [-0.39, 0.29) is 11.5 Å². The number of hydrogen-bond donors (Lipinski definition) is 1. The fourth-order valence-electron chi connectivity index (χ4n) is 3.41. The molecule has 4 heteroatoms. The minimum atomic E-state index is -0.568. The summed E-state index contributed by atoms with van der Waals surface area (Å²) in [4.78, 5) is 11.0. The quantitative estimate of drug-likeness (QED) is 0.924. The normalized spacial score (nSPS) is 20.6. The molecule has 2 heterocycles. The van der Waals surface area contributed by atoms with Crippen LogP contribution in [0.5, 0.6) is 0 Å². The predicted molar refractivity (Wildman–Crippen MR) is 87.3 cm³/mol. The van der Waals surface area contributed by atoms with Crippen LogP contribution in [0, 0.1) is 5.41 Å². The third-order valence-corrected chi connectivity index (χ3v) is 4.08. The van der Waals surface area contributed by atoms with Gasteiger partial charge in [-0.15, -0.1) is 0 Å². The molecule has 0 amide bonds. The van der Waals surface area contributed by atoms with Crippen molar-refractivity contribution in [3.8, 4) is 11.3 Å². The Morgan fingerprint density at radius 3 is 2.68 bits per heavy atom. The molecule has 1 aliphatic rings. The third kappa shape index (κ3) is 2.64. The number of fused-ring (bicyclic) bond motifs is 3. The SMILES string of the molecule is CN(CC(C)(C)C)C1c2cccnc2-c2cnccc2C1O. The number of aliphatic hydroxyl groups is 1. The molecule has 1 N–H and O–H groups in total. The molecular weight excluding hydrogens is 274 g/mol. The van der Waals surface area contributed by atoms with Crippen molar-refractivity contribution in [3.05, 3.63) is 47.9 Å². The Labute approximate surface area is 131 Å². The van der Waals surface area contributed by atoms with Crippen LogP contribution in [-0.4, -0.2) is 33.6 Å². The molecule has 0 fully saturated rings. The molecular formula is C18H23N3O. The van der Waals surface area contributed by atoms with Crippen molar-refractivity contribution < 1.29 is 5.11 Å². The van der Waals surface area contributed by atoms with Crippen molar-refractivity contribution in [3.63, 3.8) is 0 Å². The molecule has 4 nitrogen and oxygen atoms in total. The summed E-state index contributed by atoms with van der Waals surface area (Å²) in [5, 5.41) is 10.9. The summed E-state index contributed by atoms with van der Waals surface area (Å²) in [7, 11) is 2.07. The molecule has 2 unspecified atom stereocenters. The topological polar surface area (TPSA) is 49.2 Å². The average Bonchev–Trinajstić information content (AvgIpc) is 2.46. The summed E-state index contributed by atoms with van der Waals surface area (Å²) in [6, 6.07) is 5.81. The van der Waals surface area contributed by atoms with E-state index in [1.54, 1.807) is 18.6 Å². The Hall–Kier alpha value is -1.78. The van der Waals surface area contributed by atoms with Crippen LogP contribution in [0.2, 0.25) is 0 Å². The van der Waals surface area contributed by atoms with Gasteiger partial charge in [-0.1, -0.05) is 26.8 Å². The summed E-state index contributed by atoms with van der Waals surface area (Å²) in [6.07, 6.45) is 4.76. The maximum Gasteiger partial charge on any atom is 0.0995 e. The molecule has 0 saturated carbocycles. The fraction of sp³-hybridized carbons (Fsp3) is 0.444. The Balaban J connectivity index is 2.09. The highest BCUT2D eigenvalue weighted by molar-refractivity contribution is 5.70. The van der Waals surface area contributed by atoms with E-state index in [9.17, 15) is 5.11 Å². The first-order valence-corrected chi connectivity index (χ1v) is 7.66. The van der Waals surface area contributed by atoms with Gasteiger partial charge in [-0.3, -0.25) is 14.9 Å². The number of aliphatic hydroxyl groups excluding tert-OH is 1. The first-order valence-electron chi connectivity index (χ1n) is 7.66. The van der Waals surface area contributed by atoms with Crippen LogP contribution >= 0.6 is 0 Å². The van der Waals surface area contributed by atoms with Crippen molar-refractivity contribution >= 4 is 0 Å². The first kappa shape index (κ1) is 15.1. The van der Waals surface area contributed by atoms with E-state index in [1.165, 1.54) is 0 Å². The van der Waals surface area contributed by atoms with Crippen molar-refractivity contribution in [2.24, 2.45) is 5.41 Å². The summed E-state index contributed by atoms with van der Waals surface area (Å²) < 4.78 is 0. The van der Waals surface area contributed by atoms with Crippen molar-refractivity contribution in [1.29, 1.82) is 0 Å². The van der Waals surface area contributed by atoms with Crippen molar-refractivity contribution in [2.75, 3.05) is 13.6 Å². The predicted octanol–water partition coefficient (Wildman–Crippen LogP) is 3.21. The van der Waals surface area contributed by atoms with Gasteiger partial charge >= 0.3 is 0 Å². The molecule has 2 atom stereocenters. The fourth-order valence-corrected chi connectivity index (χ4v) is 3.41. The zero-order valence-electron chi connectivity index (χ0n) is 13.6. The van der Waals surface area contributed by atoms with Crippen LogP contribution in [0.15, 0.2) is 36.8 Å². The second-order valence-corrected chi connectivity index (χ2v) is 7.27.